The maximum atomic E-state index is 13.5. The highest BCUT2D eigenvalue weighted by Crippen LogP contribution is 2.23. The van der Waals surface area contributed by atoms with E-state index in [9.17, 15) is 9.18 Å². The summed E-state index contributed by atoms with van der Waals surface area (Å²) in [6, 6.07) is 15.5. The number of benzene rings is 2. The number of halogens is 2. The van der Waals surface area contributed by atoms with Crippen LogP contribution in [0, 0.1) is 5.82 Å². The van der Waals surface area contributed by atoms with E-state index < -0.39 is 0 Å². The van der Waals surface area contributed by atoms with Gasteiger partial charge in [0, 0.05) is 26.1 Å². The fourth-order valence-corrected chi connectivity index (χ4v) is 4.91. The predicted octanol–water partition coefficient (Wildman–Crippen LogP) is 3.14. The summed E-state index contributed by atoms with van der Waals surface area (Å²) in [5.41, 5.74) is 4.31. The summed E-state index contributed by atoms with van der Waals surface area (Å²) < 4.78 is 16.3. The Kier molecular flexibility index (Phi) is 5.16. The number of fused-ring (bicyclic) bond motifs is 3. The molecule has 2 aliphatic rings. The molecule has 0 amide bonds. The third-order valence-electron chi connectivity index (χ3n) is 5.98. The third kappa shape index (κ3) is 3.68. The summed E-state index contributed by atoms with van der Waals surface area (Å²) >= 11 is 3.26. The number of anilines is 1. The standard InChI is InChI=1S/C23H22BrFN4O/c24-19-12-17(6-7-20(19)25)14-28-10-11-29-21-8-9-27(13-16-4-2-1-3-5-16)15-18(21)22(30)26-23(28)29/h1-7,12H,8-11,13-15H2/p+1. The number of H-pyrrole nitrogens is 1. The quantitative estimate of drug-likeness (QED) is 0.596. The van der Waals surface area contributed by atoms with Gasteiger partial charge in [-0.05, 0) is 39.2 Å². The van der Waals surface area contributed by atoms with Crippen molar-refractivity contribution < 1.29 is 8.96 Å². The summed E-state index contributed by atoms with van der Waals surface area (Å²) in [7, 11) is 0. The molecule has 0 bridgehead atoms. The first-order chi connectivity index (χ1) is 14.6. The van der Waals surface area contributed by atoms with Crippen LogP contribution in [0.3, 0.4) is 0 Å². The van der Waals surface area contributed by atoms with E-state index in [-0.39, 0.29) is 11.4 Å². The van der Waals surface area contributed by atoms with Crippen molar-refractivity contribution >= 4 is 21.9 Å². The molecule has 154 valence electrons. The van der Waals surface area contributed by atoms with Crippen molar-refractivity contribution in [2.24, 2.45) is 0 Å². The largest absolute Gasteiger partial charge is 0.360 e. The first kappa shape index (κ1) is 19.5. The highest BCUT2D eigenvalue weighted by atomic mass is 79.9. The fourth-order valence-electron chi connectivity index (χ4n) is 4.49. The van der Waals surface area contributed by atoms with E-state index in [1.54, 1.807) is 12.1 Å². The number of aromatic nitrogens is 2. The lowest BCUT2D eigenvalue weighted by Gasteiger charge is -2.28. The van der Waals surface area contributed by atoms with E-state index >= 15 is 0 Å². The first-order valence-electron chi connectivity index (χ1n) is 10.2. The van der Waals surface area contributed by atoms with E-state index in [1.807, 2.05) is 6.07 Å². The molecule has 0 saturated heterocycles. The smallest absolute Gasteiger partial charge is 0.294 e. The highest BCUT2D eigenvalue weighted by molar-refractivity contribution is 9.10. The van der Waals surface area contributed by atoms with E-state index in [0.29, 0.717) is 17.6 Å². The van der Waals surface area contributed by atoms with Crippen LogP contribution >= 0.6 is 15.9 Å². The molecular weight excluding hydrogens is 447 g/mol. The third-order valence-corrected chi connectivity index (χ3v) is 6.58. The van der Waals surface area contributed by atoms with Crippen LogP contribution in [0.25, 0.3) is 0 Å². The summed E-state index contributed by atoms with van der Waals surface area (Å²) in [6.07, 6.45) is 0.870. The SMILES string of the molecule is O=c1[nH]c2[n+](c3c1CN(Cc1ccccc1)CC3)CCN2Cc1ccc(F)c(Br)c1. The van der Waals surface area contributed by atoms with Gasteiger partial charge in [-0.3, -0.25) is 14.6 Å². The fraction of sp³-hybridized carbons (Fsp3) is 0.304. The Morgan fingerprint density at radius 1 is 1.07 bits per heavy atom. The molecule has 0 aliphatic carbocycles. The first-order valence-corrected chi connectivity index (χ1v) is 11.0. The highest BCUT2D eigenvalue weighted by Gasteiger charge is 2.34. The molecule has 0 saturated carbocycles. The maximum absolute atomic E-state index is 13.5. The molecule has 2 aromatic carbocycles. The Balaban J connectivity index is 1.39. The van der Waals surface area contributed by atoms with Crippen molar-refractivity contribution in [2.45, 2.75) is 32.6 Å². The van der Waals surface area contributed by atoms with Crippen molar-refractivity contribution in [3.63, 3.8) is 0 Å². The van der Waals surface area contributed by atoms with Gasteiger partial charge >= 0.3 is 11.5 Å². The van der Waals surface area contributed by atoms with Crippen molar-refractivity contribution in [3.05, 3.63) is 91.6 Å². The zero-order chi connectivity index (χ0) is 20.7. The van der Waals surface area contributed by atoms with Crippen LogP contribution in [0.4, 0.5) is 10.3 Å². The lowest BCUT2D eigenvalue weighted by atomic mass is 10.1. The Bertz CT molecular complexity index is 1150. The molecule has 0 spiro atoms. The van der Waals surface area contributed by atoms with E-state index in [0.717, 1.165) is 55.4 Å². The number of hydrogen-bond donors (Lipinski definition) is 1. The Morgan fingerprint density at radius 2 is 1.90 bits per heavy atom. The lowest BCUT2D eigenvalue weighted by Crippen LogP contribution is -2.47. The predicted molar refractivity (Wildman–Crippen MR) is 117 cm³/mol. The Hall–Kier alpha value is -2.51. The Morgan fingerprint density at radius 3 is 2.70 bits per heavy atom. The topological polar surface area (TPSA) is 43.2 Å². The molecule has 0 fully saturated rings. The van der Waals surface area contributed by atoms with E-state index in [4.69, 9.17) is 0 Å². The van der Waals surface area contributed by atoms with Gasteiger partial charge in [0.1, 0.15) is 12.4 Å². The van der Waals surface area contributed by atoms with Crippen LogP contribution in [0.2, 0.25) is 0 Å². The minimum absolute atomic E-state index is 0.00111. The number of hydrogen-bond acceptors (Lipinski definition) is 3. The van der Waals surface area contributed by atoms with Crippen LogP contribution in [-0.4, -0.2) is 23.0 Å². The average molecular weight is 470 g/mol. The molecule has 0 radical (unpaired) electrons. The van der Waals surface area contributed by atoms with Gasteiger partial charge < -0.3 is 0 Å². The van der Waals surface area contributed by atoms with Crippen LogP contribution in [0.15, 0.2) is 57.8 Å². The zero-order valence-corrected chi connectivity index (χ0v) is 18.2. The molecule has 5 nitrogen and oxygen atoms in total. The van der Waals surface area contributed by atoms with Crippen molar-refractivity contribution in [1.82, 2.24) is 9.88 Å². The van der Waals surface area contributed by atoms with Gasteiger partial charge in [-0.25, -0.2) is 13.9 Å². The molecule has 1 N–H and O–H groups in total. The zero-order valence-electron chi connectivity index (χ0n) is 16.6. The number of nitrogens with one attached hydrogen (secondary N) is 1. The van der Waals surface area contributed by atoms with Crippen LogP contribution in [-0.2, 0) is 32.6 Å². The molecule has 30 heavy (non-hydrogen) atoms. The van der Waals surface area contributed by atoms with Gasteiger partial charge in [0.05, 0.1) is 28.8 Å². The van der Waals surface area contributed by atoms with Gasteiger partial charge in [-0.1, -0.05) is 36.4 Å². The van der Waals surface area contributed by atoms with Crippen molar-refractivity contribution in [3.8, 4) is 0 Å². The second kappa shape index (κ2) is 7.96. The number of rotatable bonds is 4. The van der Waals surface area contributed by atoms with E-state index in [1.165, 1.54) is 11.6 Å². The number of aromatic amines is 1. The second-order valence-electron chi connectivity index (χ2n) is 7.97. The van der Waals surface area contributed by atoms with Gasteiger partial charge in [-0.15, -0.1) is 0 Å². The molecule has 2 aliphatic heterocycles. The van der Waals surface area contributed by atoms with Crippen LogP contribution in [0.1, 0.15) is 22.4 Å². The van der Waals surface area contributed by atoms with Gasteiger partial charge in [0.15, 0.2) is 0 Å². The summed E-state index contributed by atoms with van der Waals surface area (Å²) in [4.78, 5) is 20.6. The molecule has 5 rings (SSSR count). The molecule has 0 unspecified atom stereocenters. The van der Waals surface area contributed by atoms with Crippen LogP contribution < -0.4 is 15.0 Å². The minimum atomic E-state index is -0.266. The molecule has 3 heterocycles. The average Bonchev–Trinajstić information content (AvgIpc) is 3.14. The van der Waals surface area contributed by atoms with E-state index in [2.05, 4.69) is 59.5 Å². The van der Waals surface area contributed by atoms with Gasteiger partial charge in [-0.2, -0.15) is 0 Å². The molecule has 3 aromatic rings. The Labute approximate surface area is 182 Å². The number of nitrogens with zero attached hydrogens (tertiary/aromatic N) is 3. The maximum Gasteiger partial charge on any atom is 0.360 e. The normalized spacial score (nSPS) is 15.9. The van der Waals surface area contributed by atoms with Crippen molar-refractivity contribution in [2.75, 3.05) is 18.0 Å². The molecule has 1 aromatic heterocycles. The monoisotopic (exact) mass is 469 g/mol. The minimum Gasteiger partial charge on any atom is -0.294 e. The summed E-state index contributed by atoms with van der Waals surface area (Å²) in [5.74, 6) is 0.591. The van der Waals surface area contributed by atoms with Crippen molar-refractivity contribution in [1.29, 1.82) is 0 Å². The van der Waals surface area contributed by atoms with Gasteiger partial charge in [0.25, 0.3) is 0 Å². The van der Waals surface area contributed by atoms with Crippen LogP contribution in [0.5, 0.6) is 0 Å². The lowest BCUT2D eigenvalue weighted by molar-refractivity contribution is -0.681. The summed E-state index contributed by atoms with van der Waals surface area (Å²) in [6.45, 7) is 4.78. The summed E-state index contributed by atoms with van der Waals surface area (Å²) in [5, 5.41) is 0. The molecule has 0 atom stereocenters. The molecule has 7 heteroatoms. The van der Waals surface area contributed by atoms with Gasteiger partial charge in [0.2, 0.25) is 0 Å². The second-order valence-corrected chi connectivity index (χ2v) is 8.83. The molecular formula is C23H23BrFN4O+.